The van der Waals surface area contributed by atoms with E-state index in [0.717, 1.165) is 12.1 Å². The van der Waals surface area contributed by atoms with Gasteiger partial charge in [0.05, 0.1) is 15.5 Å². The van der Waals surface area contributed by atoms with Crippen molar-refractivity contribution < 1.29 is 22.7 Å². The summed E-state index contributed by atoms with van der Waals surface area (Å²) in [6.45, 7) is -0.886. The number of halogens is 5. The fourth-order valence-corrected chi connectivity index (χ4v) is 1.81. The zero-order chi connectivity index (χ0) is 12.8. The van der Waals surface area contributed by atoms with E-state index in [0.29, 0.717) is 4.57 Å². The second-order valence-electron chi connectivity index (χ2n) is 3.26. The number of hydrogen-bond acceptors (Lipinski definition) is 2. The highest BCUT2D eigenvalue weighted by Crippen LogP contribution is 2.32. The number of aliphatic hydroxyl groups excluding tert-OH is 1. The number of aliphatic hydroxyl groups is 1. The van der Waals surface area contributed by atoms with Gasteiger partial charge in [0.1, 0.15) is 12.5 Å². The van der Waals surface area contributed by atoms with E-state index in [-0.39, 0.29) is 15.5 Å². The molecule has 1 N–H and O–H groups in total. The molecule has 1 heterocycles. The molecular formula is C9H5BrF4N2O. The fraction of sp³-hybridized carbons (Fsp3) is 0.222. The Morgan fingerprint density at radius 3 is 2.53 bits per heavy atom. The highest BCUT2D eigenvalue weighted by Gasteiger charge is 2.37. The van der Waals surface area contributed by atoms with Crippen molar-refractivity contribution in [3.8, 4) is 0 Å². The van der Waals surface area contributed by atoms with Crippen LogP contribution in [-0.4, -0.2) is 14.7 Å². The van der Waals surface area contributed by atoms with Crippen molar-refractivity contribution in [3.05, 3.63) is 28.2 Å². The Balaban J connectivity index is 2.80. The van der Waals surface area contributed by atoms with Gasteiger partial charge in [0.2, 0.25) is 5.82 Å². The van der Waals surface area contributed by atoms with Crippen LogP contribution in [0.1, 0.15) is 5.82 Å². The third-order valence-electron chi connectivity index (χ3n) is 2.19. The molecule has 1 aromatic heterocycles. The third-order valence-corrected chi connectivity index (χ3v) is 2.79. The topological polar surface area (TPSA) is 38.0 Å². The molecule has 0 spiro atoms. The Bertz CT molecular complexity index is 578. The highest BCUT2D eigenvalue weighted by molar-refractivity contribution is 9.10. The quantitative estimate of drug-likeness (QED) is 0.822. The van der Waals surface area contributed by atoms with Gasteiger partial charge in [-0.1, -0.05) is 0 Å². The Morgan fingerprint density at radius 2 is 2.00 bits per heavy atom. The fourth-order valence-electron chi connectivity index (χ4n) is 1.48. The first-order chi connectivity index (χ1) is 7.84. The summed E-state index contributed by atoms with van der Waals surface area (Å²) >= 11 is 2.86. The molecular weight excluding hydrogens is 308 g/mol. The Kier molecular flexibility index (Phi) is 2.86. The molecule has 17 heavy (non-hydrogen) atoms. The van der Waals surface area contributed by atoms with E-state index < -0.39 is 24.5 Å². The van der Waals surface area contributed by atoms with Crippen molar-refractivity contribution in [2.75, 3.05) is 0 Å². The van der Waals surface area contributed by atoms with E-state index in [1.807, 2.05) is 0 Å². The first kappa shape index (κ1) is 12.3. The summed E-state index contributed by atoms with van der Waals surface area (Å²) in [6.07, 6.45) is -4.70. The van der Waals surface area contributed by atoms with Gasteiger partial charge in [-0.05, 0) is 22.0 Å². The van der Waals surface area contributed by atoms with Crippen LogP contribution < -0.4 is 0 Å². The Hall–Kier alpha value is -1.15. The maximum Gasteiger partial charge on any atom is 0.449 e. The standard InChI is InChI=1S/C9H5BrF4N2O/c10-4-1-7-6(2-5(4)11)15-8(9(12,13)14)16(7)3-17/h1-2,17H,3H2. The van der Waals surface area contributed by atoms with Gasteiger partial charge < -0.3 is 5.11 Å². The van der Waals surface area contributed by atoms with Crippen LogP contribution in [0.5, 0.6) is 0 Å². The largest absolute Gasteiger partial charge is 0.449 e. The lowest BCUT2D eigenvalue weighted by atomic mass is 10.3. The van der Waals surface area contributed by atoms with Crippen LogP contribution in [0, 0.1) is 5.82 Å². The van der Waals surface area contributed by atoms with Crippen LogP contribution in [0.4, 0.5) is 17.6 Å². The highest BCUT2D eigenvalue weighted by atomic mass is 79.9. The van der Waals surface area contributed by atoms with Crippen molar-refractivity contribution in [2.45, 2.75) is 12.9 Å². The molecule has 1 aromatic carbocycles. The SMILES string of the molecule is OCn1c(C(F)(F)F)nc2cc(F)c(Br)cc21. The summed E-state index contributed by atoms with van der Waals surface area (Å²) in [4.78, 5) is 3.27. The molecule has 0 aliphatic heterocycles. The predicted octanol–water partition coefficient (Wildman–Crippen LogP) is 2.91. The summed E-state index contributed by atoms with van der Waals surface area (Å²) in [5, 5.41) is 8.94. The van der Waals surface area contributed by atoms with E-state index in [1.165, 1.54) is 0 Å². The zero-order valence-corrected chi connectivity index (χ0v) is 9.68. The molecule has 8 heteroatoms. The lowest BCUT2D eigenvalue weighted by Gasteiger charge is -2.07. The minimum Gasteiger partial charge on any atom is -0.376 e. The van der Waals surface area contributed by atoms with E-state index in [9.17, 15) is 17.6 Å². The molecule has 0 radical (unpaired) electrons. The van der Waals surface area contributed by atoms with Crippen molar-refractivity contribution in [3.63, 3.8) is 0 Å². The molecule has 3 nitrogen and oxygen atoms in total. The minimum atomic E-state index is -4.70. The van der Waals surface area contributed by atoms with E-state index >= 15 is 0 Å². The molecule has 0 fully saturated rings. The number of nitrogens with zero attached hydrogens (tertiary/aromatic N) is 2. The number of rotatable bonds is 1. The zero-order valence-electron chi connectivity index (χ0n) is 8.09. The van der Waals surface area contributed by atoms with Crippen LogP contribution in [-0.2, 0) is 12.9 Å². The van der Waals surface area contributed by atoms with Crippen LogP contribution in [0.2, 0.25) is 0 Å². The lowest BCUT2D eigenvalue weighted by molar-refractivity contribution is -0.148. The monoisotopic (exact) mass is 312 g/mol. The maximum atomic E-state index is 13.2. The Labute approximate surface area is 101 Å². The van der Waals surface area contributed by atoms with Gasteiger partial charge in [0, 0.05) is 6.07 Å². The van der Waals surface area contributed by atoms with Gasteiger partial charge in [0.25, 0.3) is 0 Å². The summed E-state index contributed by atoms with van der Waals surface area (Å²) in [7, 11) is 0. The van der Waals surface area contributed by atoms with Crippen LogP contribution in [0.25, 0.3) is 11.0 Å². The number of fused-ring (bicyclic) bond motifs is 1. The Morgan fingerprint density at radius 1 is 1.35 bits per heavy atom. The second kappa shape index (κ2) is 3.95. The number of imidazole rings is 1. The van der Waals surface area contributed by atoms with Crippen molar-refractivity contribution in [2.24, 2.45) is 0 Å². The molecule has 0 amide bonds. The maximum absolute atomic E-state index is 13.2. The van der Waals surface area contributed by atoms with E-state index in [2.05, 4.69) is 20.9 Å². The number of benzene rings is 1. The third kappa shape index (κ3) is 2.02. The van der Waals surface area contributed by atoms with Crippen molar-refractivity contribution in [1.29, 1.82) is 0 Å². The molecule has 0 aliphatic rings. The van der Waals surface area contributed by atoms with Crippen molar-refractivity contribution in [1.82, 2.24) is 9.55 Å². The number of alkyl halides is 3. The normalized spacial score (nSPS) is 12.4. The minimum absolute atomic E-state index is 0.00750. The summed E-state index contributed by atoms with van der Waals surface area (Å²) in [5.74, 6) is -1.97. The van der Waals surface area contributed by atoms with Gasteiger partial charge >= 0.3 is 6.18 Å². The molecule has 0 aliphatic carbocycles. The van der Waals surface area contributed by atoms with Crippen LogP contribution in [0.15, 0.2) is 16.6 Å². The summed E-state index contributed by atoms with van der Waals surface area (Å²) in [6, 6.07) is 2.02. The average molecular weight is 313 g/mol. The average Bonchev–Trinajstić information content (AvgIpc) is 2.56. The van der Waals surface area contributed by atoms with E-state index in [4.69, 9.17) is 5.11 Å². The molecule has 0 unspecified atom stereocenters. The van der Waals surface area contributed by atoms with Crippen LogP contribution >= 0.6 is 15.9 Å². The smallest absolute Gasteiger partial charge is 0.376 e. The molecule has 2 rings (SSSR count). The molecule has 0 saturated carbocycles. The van der Waals surface area contributed by atoms with Crippen LogP contribution in [0.3, 0.4) is 0 Å². The summed E-state index contributed by atoms with van der Waals surface area (Å²) in [5.41, 5.74) is -0.153. The molecule has 2 aromatic rings. The van der Waals surface area contributed by atoms with Gasteiger partial charge in [-0.3, -0.25) is 4.57 Å². The molecule has 0 saturated heterocycles. The predicted molar refractivity (Wildman–Crippen MR) is 54.6 cm³/mol. The van der Waals surface area contributed by atoms with Gasteiger partial charge in [-0.25, -0.2) is 9.37 Å². The van der Waals surface area contributed by atoms with Crippen molar-refractivity contribution >= 4 is 27.0 Å². The first-order valence-electron chi connectivity index (χ1n) is 4.38. The molecule has 0 atom stereocenters. The van der Waals surface area contributed by atoms with Gasteiger partial charge in [-0.2, -0.15) is 13.2 Å². The second-order valence-corrected chi connectivity index (χ2v) is 4.11. The first-order valence-corrected chi connectivity index (χ1v) is 5.17. The van der Waals surface area contributed by atoms with Gasteiger partial charge in [-0.15, -0.1) is 0 Å². The lowest BCUT2D eigenvalue weighted by Crippen LogP contribution is -2.14. The van der Waals surface area contributed by atoms with E-state index in [1.54, 1.807) is 0 Å². The van der Waals surface area contributed by atoms with Gasteiger partial charge in [0.15, 0.2) is 0 Å². The summed E-state index contributed by atoms with van der Waals surface area (Å²) < 4.78 is 51.5. The molecule has 92 valence electrons. The molecule has 0 bridgehead atoms. The number of aromatic nitrogens is 2. The number of hydrogen-bond donors (Lipinski definition) is 1.